The van der Waals surface area contributed by atoms with E-state index in [2.05, 4.69) is 4.74 Å². The highest BCUT2D eigenvalue weighted by molar-refractivity contribution is 5.96. The van der Waals surface area contributed by atoms with Crippen molar-refractivity contribution in [3.05, 3.63) is 65.4 Å². The fraction of sp³-hybridized carbons (Fsp3) is 0.333. The number of benzene rings is 2. The van der Waals surface area contributed by atoms with Crippen LogP contribution in [0.15, 0.2) is 48.7 Å². The van der Waals surface area contributed by atoms with Gasteiger partial charge in [-0.3, -0.25) is 4.79 Å². The zero-order valence-electron chi connectivity index (χ0n) is 19.9. The molecule has 1 amide bonds. The number of nitrogens with zero attached hydrogens (tertiary/aromatic N) is 1. The first-order chi connectivity index (χ1) is 16.3. The van der Waals surface area contributed by atoms with Crippen molar-refractivity contribution in [2.45, 2.75) is 38.8 Å². The fourth-order valence-electron chi connectivity index (χ4n) is 3.82. The molecule has 7 nitrogen and oxygen atoms in total. The maximum Gasteiger partial charge on any atom is 0.512 e. The molecule has 0 spiro atoms. The molecule has 0 unspecified atom stereocenters. The largest absolute Gasteiger partial charge is 0.512 e. The minimum Gasteiger partial charge on any atom is -0.492 e. The highest BCUT2D eigenvalue weighted by Gasteiger charge is 2.35. The molecule has 1 aliphatic heterocycles. The first kappa shape index (κ1) is 23.4. The molecule has 2 aromatic carbocycles. The summed E-state index contributed by atoms with van der Waals surface area (Å²) in [5.41, 5.74) is 2.88. The third kappa shape index (κ3) is 5.25. The second-order valence-electron chi connectivity index (χ2n) is 8.88. The van der Waals surface area contributed by atoms with E-state index in [1.54, 1.807) is 18.1 Å². The fourth-order valence-corrected chi connectivity index (χ4v) is 3.82. The normalized spacial score (nSPS) is 15.9. The Labute approximate surface area is 199 Å². The molecule has 0 saturated heterocycles. The zero-order chi connectivity index (χ0) is 24.3. The molecule has 178 valence electrons. The summed E-state index contributed by atoms with van der Waals surface area (Å²) >= 11 is 0. The van der Waals surface area contributed by atoms with Crippen LogP contribution < -0.4 is 14.4 Å². The molecular weight excluding hydrogens is 434 g/mol. The molecule has 2 aliphatic rings. The number of fused-ring (bicyclic) bond motifs is 1. The van der Waals surface area contributed by atoms with Crippen LogP contribution in [0.2, 0.25) is 0 Å². The summed E-state index contributed by atoms with van der Waals surface area (Å²) < 4.78 is 21.3. The van der Waals surface area contributed by atoms with Gasteiger partial charge in [-0.05, 0) is 56.5 Å². The van der Waals surface area contributed by atoms with Crippen molar-refractivity contribution in [2.24, 2.45) is 5.92 Å². The highest BCUT2D eigenvalue weighted by Crippen LogP contribution is 2.42. The van der Waals surface area contributed by atoms with E-state index in [1.807, 2.05) is 62.4 Å². The van der Waals surface area contributed by atoms with Crippen LogP contribution >= 0.6 is 0 Å². The lowest BCUT2D eigenvalue weighted by Crippen LogP contribution is -2.32. The third-order valence-electron chi connectivity index (χ3n) is 5.75. The van der Waals surface area contributed by atoms with E-state index in [0.29, 0.717) is 18.0 Å². The average Bonchev–Trinajstić information content (AvgIpc) is 3.67. The topological polar surface area (TPSA) is 74.3 Å². The summed E-state index contributed by atoms with van der Waals surface area (Å²) in [7, 11) is 2.86. The van der Waals surface area contributed by atoms with Crippen molar-refractivity contribution in [1.29, 1.82) is 0 Å². The van der Waals surface area contributed by atoms with Gasteiger partial charge in [-0.2, -0.15) is 0 Å². The van der Waals surface area contributed by atoms with Gasteiger partial charge in [0.1, 0.15) is 5.60 Å². The molecule has 0 N–H and O–H groups in total. The quantitative estimate of drug-likeness (QED) is 0.394. The minimum absolute atomic E-state index is 0.0311. The van der Waals surface area contributed by atoms with Crippen LogP contribution in [0.4, 0.5) is 10.5 Å². The molecule has 4 rings (SSSR count). The van der Waals surface area contributed by atoms with E-state index in [-0.39, 0.29) is 11.8 Å². The van der Waals surface area contributed by atoms with Gasteiger partial charge in [0, 0.05) is 22.7 Å². The molecule has 1 heterocycles. The zero-order valence-corrected chi connectivity index (χ0v) is 19.9. The molecule has 0 bridgehead atoms. The van der Waals surface area contributed by atoms with E-state index in [1.165, 1.54) is 13.4 Å². The van der Waals surface area contributed by atoms with Gasteiger partial charge in [0.15, 0.2) is 11.5 Å². The van der Waals surface area contributed by atoms with Crippen molar-refractivity contribution in [3.63, 3.8) is 0 Å². The lowest BCUT2D eigenvalue weighted by molar-refractivity contribution is -0.119. The number of carbonyl (C=O) groups excluding carboxylic acids is 2. The predicted molar refractivity (Wildman–Crippen MR) is 130 cm³/mol. The van der Waals surface area contributed by atoms with Crippen LogP contribution in [0.3, 0.4) is 0 Å². The number of hydrogen-bond acceptors (Lipinski definition) is 6. The number of rotatable bonds is 7. The Bertz CT molecular complexity index is 1150. The maximum atomic E-state index is 13.3. The van der Waals surface area contributed by atoms with Crippen molar-refractivity contribution in [2.75, 3.05) is 19.1 Å². The Hall–Kier alpha value is -3.74. The summed E-state index contributed by atoms with van der Waals surface area (Å²) in [4.78, 5) is 26.3. The summed E-state index contributed by atoms with van der Waals surface area (Å²) in [5.74, 6) is 1.42. The molecule has 7 heteroatoms. The van der Waals surface area contributed by atoms with Gasteiger partial charge in [0.2, 0.25) is 5.91 Å². The predicted octanol–water partition coefficient (Wildman–Crippen LogP) is 5.58. The molecule has 34 heavy (non-hydrogen) atoms. The number of carbonyl (C=O) groups is 2. The van der Waals surface area contributed by atoms with Gasteiger partial charge >= 0.3 is 6.16 Å². The Balaban J connectivity index is 1.65. The van der Waals surface area contributed by atoms with E-state index in [0.717, 1.165) is 35.2 Å². The lowest BCUT2D eigenvalue weighted by Gasteiger charge is -2.31. The van der Waals surface area contributed by atoms with Crippen LogP contribution in [0, 0.1) is 5.92 Å². The van der Waals surface area contributed by atoms with Crippen molar-refractivity contribution in [3.8, 4) is 11.5 Å². The van der Waals surface area contributed by atoms with Crippen LogP contribution in [0.5, 0.6) is 11.5 Å². The summed E-state index contributed by atoms with van der Waals surface area (Å²) in [5, 5.41) is 0. The van der Waals surface area contributed by atoms with Crippen molar-refractivity contribution >= 4 is 29.9 Å². The Kier molecular flexibility index (Phi) is 6.63. The molecule has 1 fully saturated rings. The number of anilines is 1. The average molecular weight is 464 g/mol. The molecule has 1 aliphatic carbocycles. The highest BCUT2D eigenvalue weighted by atomic mass is 16.7. The molecule has 1 saturated carbocycles. The SMILES string of the molecule is COC(=O)O/C=C/c1cccc(N(Cc2ccc3c(c2OC)OC(C)(C)C=C3)C(=O)C2CC2)c1. The van der Waals surface area contributed by atoms with Crippen LogP contribution in [-0.2, 0) is 20.8 Å². The summed E-state index contributed by atoms with van der Waals surface area (Å²) in [6.07, 6.45) is 7.94. The second-order valence-corrected chi connectivity index (χ2v) is 8.88. The number of ether oxygens (including phenoxy) is 4. The van der Waals surface area contributed by atoms with Crippen LogP contribution in [0.25, 0.3) is 12.2 Å². The molecule has 2 aromatic rings. The van der Waals surface area contributed by atoms with Gasteiger partial charge in [-0.15, -0.1) is 0 Å². The van der Waals surface area contributed by atoms with Gasteiger partial charge in [0.05, 0.1) is 27.0 Å². The Morgan fingerprint density at radius 2 is 1.97 bits per heavy atom. The first-order valence-electron chi connectivity index (χ1n) is 11.2. The number of methoxy groups -OCH3 is 2. The third-order valence-corrected chi connectivity index (χ3v) is 5.75. The first-order valence-corrected chi connectivity index (χ1v) is 11.2. The molecular formula is C27H29NO6. The van der Waals surface area contributed by atoms with Gasteiger partial charge in [-0.25, -0.2) is 4.79 Å². The number of amides is 1. The van der Waals surface area contributed by atoms with Crippen LogP contribution in [-0.4, -0.2) is 31.9 Å². The van der Waals surface area contributed by atoms with Gasteiger partial charge in [-0.1, -0.05) is 30.3 Å². The van der Waals surface area contributed by atoms with E-state index < -0.39 is 11.8 Å². The molecule has 0 radical (unpaired) electrons. The van der Waals surface area contributed by atoms with E-state index >= 15 is 0 Å². The Morgan fingerprint density at radius 1 is 1.18 bits per heavy atom. The summed E-state index contributed by atoms with van der Waals surface area (Å²) in [6.45, 7) is 4.32. The lowest BCUT2D eigenvalue weighted by atomic mass is 9.99. The Morgan fingerprint density at radius 3 is 2.68 bits per heavy atom. The van der Waals surface area contributed by atoms with Crippen molar-refractivity contribution in [1.82, 2.24) is 0 Å². The molecule has 0 atom stereocenters. The van der Waals surface area contributed by atoms with Gasteiger partial charge in [0.25, 0.3) is 0 Å². The smallest absolute Gasteiger partial charge is 0.492 e. The summed E-state index contributed by atoms with van der Waals surface area (Å²) in [6, 6.07) is 11.5. The standard InChI is InChI=1S/C27H29NO6/c1-27(2)14-12-19-8-11-21(23(31-3)24(19)34-27)17-28(25(29)20-9-10-20)22-7-5-6-18(16-22)13-15-33-26(30)32-4/h5-8,11-16,20H,9-10,17H2,1-4H3/b15-13+. The van der Waals surface area contributed by atoms with Crippen LogP contribution in [0.1, 0.15) is 43.4 Å². The maximum absolute atomic E-state index is 13.3. The van der Waals surface area contributed by atoms with Crippen molar-refractivity contribution < 1.29 is 28.5 Å². The van der Waals surface area contributed by atoms with E-state index in [4.69, 9.17) is 14.2 Å². The minimum atomic E-state index is -0.794. The second kappa shape index (κ2) is 9.63. The number of hydrogen-bond donors (Lipinski definition) is 0. The molecule has 0 aromatic heterocycles. The van der Waals surface area contributed by atoms with E-state index in [9.17, 15) is 9.59 Å². The van der Waals surface area contributed by atoms with Gasteiger partial charge < -0.3 is 23.8 Å². The monoisotopic (exact) mass is 463 g/mol.